The first-order valence-electron chi connectivity index (χ1n) is 8.14. The fourth-order valence-electron chi connectivity index (χ4n) is 4.70. The Bertz CT molecular complexity index is 324. The summed E-state index contributed by atoms with van der Waals surface area (Å²) in [6, 6.07) is 0. The normalized spacial score (nSPS) is 46.6. The maximum atomic E-state index is 9.90. The average Bonchev–Trinajstić information content (AvgIpc) is 2.98. The predicted octanol–water partition coefficient (Wildman–Crippen LogP) is 3.49. The van der Waals surface area contributed by atoms with Crippen molar-refractivity contribution < 1.29 is 5.11 Å². The predicted molar refractivity (Wildman–Crippen MR) is 84.3 cm³/mol. The topological polar surface area (TPSA) is 32.3 Å². The van der Waals surface area contributed by atoms with E-state index in [0.717, 1.165) is 64.0 Å². The Labute approximate surface area is 132 Å². The fraction of sp³-hybridized carbons (Fsp3) is 0.938. The summed E-state index contributed by atoms with van der Waals surface area (Å²) in [6.07, 6.45) is 8.54. The van der Waals surface area contributed by atoms with E-state index < -0.39 is 0 Å². The Kier molecular flexibility index (Phi) is 4.76. The van der Waals surface area contributed by atoms with Crippen LogP contribution in [-0.4, -0.2) is 35.1 Å². The van der Waals surface area contributed by atoms with E-state index >= 15 is 0 Å². The lowest BCUT2D eigenvalue weighted by Crippen LogP contribution is -2.45. The third-order valence-electron chi connectivity index (χ3n) is 5.95. The van der Waals surface area contributed by atoms with Crippen molar-refractivity contribution in [2.24, 2.45) is 11.3 Å². The Balaban J connectivity index is 1.78. The van der Waals surface area contributed by atoms with Gasteiger partial charge in [-0.2, -0.15) is 0 Å². The summed E-state index contributed by atoms with van der Waals surface area (Å²) in [5.41, 5.74) is 0.326. The van der Waals surface area contributed by atoms with Gasteiger partial charge in [0.05, 0.1) is 29.2 Å². The Hall–Kier alpha value is 0.370. The van der Waals surface area contributed by atoms with Crippen molar-refractivity contribution >= 4 is 23.2 Å². The van der Waals surface area contributed by atoms with Gasteiger partial charge >= 0.3 is 0 Å². The molecule has 0 bridgehead atoms. The molecular formula is C16H26Cl2NO+. The lowest BCUT2D eigenvalue weighted by atomic mass is 9.55. The second-order valence-electron chi connectivity index (χ2n) is 6.96. The van der Waals surface area contributed by atoms with E-state index in [2.05, 4.69) is 5.32 Å². The highest BCUT2D eigenvalue weighted by atomic mass is 35.5. The van der Waals surface area contributed by atoms with Gasteiger partial charge in [0.1, 0.15) is 11.8 Å². The van der Waals surface area contributed by atoms with Gasteiger partial charge in [-0.25, -0.2) is 0 Å². The van der Waals surface area contributed by atoms with Crippen molar-refractivity contribution in [3.05, 3.63) is 5.92 Å². The van der Waals surface area contributed by atoms with Crippen molar-refractivity contribution in [2.45, 2.75) is 68.2 Å². The van der Waals surface area contributed by atoms with Gasteiger partial charge in [0.2, 0.25) is 0 Å². The molecule has 4 heteroatoms. The van der Waals surface area contributed by atoms with Gasteiger partial charge in [-0.15, -0.1) is 23.2 Å². The highest BCUT2D eigenvalue weighted by molar-refractivity contribution is 6.30. The van der Waals surface area contributed by atoms with Gasteiger partial charge in [0.15, 0.2) is 0 Å². The molecule has 2 unspecified atom stereocenters. The standard InChI is InChI=1S/C16H26Cl2NO/c17-14-2-1-11(9-15(14)18)16(12-5-8-19-10-12)6-3-13(20)4-7-16/h12-15,19-20H,1-10H2/q+1/t12-,13?,14?,15?,16?/m1/s1. The summed E-state index contributed by atoms with van der Waals surface area (Å²) >= 11 is 12.8. The Morgan fingerprint density at radius 3 is 2.40 bits per heavy atom. The van der Waals surface area contributed by atoms with Crippen molar-refractivity contribution in [1.82, 2.24) is 5.32 Å². The summed E-state index contributed by atoms with van der Waals surface area (Å²) in [5, 5.41) is 13.7. The highest BCUT2D eigenvalue weighted by Crippen LogP contribution is 2.56. The molecule has 0 aromatic carbocycles. The van der Waals surface area contributed by atoms with Gasteiger partial charge in [-0.1, -0.05) is 0 Å². The van der Waals surface area contributed by atoms with Crippen LogP contribution >= 0.6 is 23.2 Å². The van der Waals surface area contributed by atoms with Gasteiger partial charge < -0.3 is 10.4 Å². The molecule has 2 aliphatic carbocycles. The summed E-state index contributed by atoms with van der Waals surface area (Å²) in [4.78, 5) is 0. The van der Waals surface area contributed by atoms with Crippen LogP contribution in [0.5, 0.6) is 0 Å². The molecule has 3 rings (SSSR count). The molecule has 0 spiro atoms. The quantitative estimate of drug-likeness (QED) is 0.603. The lowest BCUT2D eigenvalue weighted by Gasteiger charge is -2.43. The van der Waals surface area contributed by atoms with Crippen molar-refractivity contribution in [2.75, 3.05) is 13.1 Å². The van der Waals surface area contributed by atoms with Crippen molar-refractivity contribution in [1.29, 1.82) is 0 Å². The molecular weight excluding hydrogens is 293 g/mol. The number of halogens is 2. The SMILES string of the molecule is OC1CCC([C+]2CCC(Cl)C(Cl)C2)([C@@H]2CCNC2)CC1. The van der Waals surface area contributed by atoms with Crippen LogP contribution in [0.15, 0.2) is 0 Å². The largest absolute Gasteiger partial charge is 0.393 e. The van der Waals surface area contributed by atoms with Crippen LogP contribution in [0, 0.1) is 17.3 Å². The van der Waals surface area contributed by atoms with E-state index in [1.807, 2.05) is 0 Å². The summed E-state index contributed by atoms with van der Waals surface area (Å²) in [7, 11) is 0. The molecule has 114 valence electrons. The van der Waals surface area contributed by atoms with Gasteiger partial charge in [0.25, 0.3) is 0 Å². The molecule has 20 heavy (non-hydrogen) atoms. The summed E-state index contributed by atoms with van der Waals surface area (Å²) in [6.45, 7) is 2.28. The molecule has 1 aliphatic heterocycles. The zero-order valence-corrected chi connectivity index (χ0v) is 13.6. The van der Waals surface area contributed by atoms with Crippen LogP contribution in [-0.2, 0) is 0 Å². The minimum atomic E-state index is -0.0887. The molecule has 3 atom stereocenters. The molecule has 2 nitrogen and oxygen atoms in total. The zero-order chi connectivity index (χ0) is 14.2. The first-order valence-corrected chi connectivity index (χ1v) is 9.01. The van der Waals surface area contributed by atoms with E-state index in [9.17, 15) is 5.11 Å². The van der Waals surface area contributed by atoms with E-state index in [1.165, 1.54) is 6.42 Å². The molecule has 3 fully saturated rings. The van der Waals surface area contributed by atoms with E-state index in [0.29, 0.717) is 5.41 Å². The number of nitrogens with one attached hydrogen (secondary N) is 1. The number of hydrogen-bond donors (Lipinski definition) is 2. The molecule has 3 aliphatic rings. The van der Waals surface area contributed by atoms with Crippen LogP contribution in [0.25, 0.3) is 0 Å². The third-order valence-corrected chi connectivity index (χ3v) is 7.06. The monoisotopic (exact) mass is 318 g/mol. The van der Waals surface area contributed by atoms with Gasteiger partial charge in [-0.05, 0) is 38.6 Å². The number of hydrogen-bond acceptors (Lipinski definition) is 2. The van der Waals surface area contributed by atoms with Crippen LogP contribution < -0.4 is 5.32 Å². The lowest BCUT2D eigenvalue weighted by molar-refractivity contribution is 0.0308. The van der Waals surface area contributed by atoms with E-state index in [-0.39, 0.29) is 16.9 Å². The molecule has 0 radical (unpaired) electrons. The molecule has 2 saturated carbocycles. The molecule has 1 saturated heterocycles. The van der Waals surface area contributed by atoms with Crippen molar-refractivity contribution in [3.8, 4) is 0 Å². The minimum absolute atomic E-state index is 0.0887. The third kappa shape index (κ3) is 2.82. The highest BCUT2D eigenvalue weighted by Gasteiger charge is 2.57. The fourth-order valence-corrected chi connectivity index (χ4v) is 5.22. The summed E-state index contributed by atoms with van der Waals surface area (Å²) < 4.78 is 0. The Morgan fingerprint density at radius 1 is 1.05 bits per heavy atom. The summed E-state index contributed by atoms with van der Waals surface area (Å²) in [5.74, 6) is 2.40. The average molecular weight is 319 g/mol. The number of alkyl halides is 2. The Morgan fingerprint density at radius 2 is 1.80 bits per heavy atom. The number of aliphatic hydroxyl groups is 1. The van der Waals surface area contributed by atoms with Crippen LogP contribution in [0.3, 0.4) is 0 Å². The second kappa shape index (κ2) is 6.24. The maximum Gasteiger partial charge on any atom is 0.115 e. The first kappa shape index (κ1) is 15.3. The van der Waals surface area contributed by atoms with Crippen LogP contribution in [0.4, 0.5) is 0 Å². The molecule has 0 amide bonds. The minimum Gasteiger partial charge on any atom is -0.393 e. The maximum absolute atomic E-state index is 9.90. The van der Waals surface area contributed by atoms with Gasteiger partial charge in [0, 0.05) is 18.9 Å². The van der Waals surface area contributed by atoms with Gasteiger partial charge in [-0.3, -0.25) is 0 Å². The molecule has 1 heterocycles. The number of rotatable bonds is 2. The molecule has 0 aromatic heterocycles. The first-order chi connectivity index (χ1) is 9.62. The van der Waals surface area contributed by atoms with E-state index in [4.69, 9.17) is 23.2 Å². The van der Waals surface area contributed by atoms with Crippen LogP contribution in [0.1, 0.15) is 51.4 Å². The smallest absolute Gasteiger partial charge is 0.115 e. The molecule has 2 N–H and O–H groups in total. The zero-order valence-electron chi connectivity index (χ0n) is 12.1. The van der Waals surface area contributed by atoms with Crippen molar-refractivity contribution in [3.63, 3.8) is 0 Å². The number of aliphatic hydroxyl groups excluding tert-OH is 1. The molecule has 0 aromatic rings. The van der Waals surface area contributed by atoms with E-state index in [1.54, 1.807) is 5.92 Å². The second-order valence-corrected chi connectivity index (χ2v) is 8.08. The van der Waals surface area contributed by atoms with Crippen LogP contribution in [0.2, 0.25) is 0 Å².